The monoisotopic (exact) mass is 186 g/mol. The number of hydrogen-bond donors (Lipinski definition) is 3. The molecular weight excluding hydrogens is 168 g/mol. The largest absolute Gasteiger partial charge is 0.394 e. The van der Waals surface area contributed by atoms with Crippen molar-refractivity contribution in [2.45, 2.75) is 38.3 Å². The van der Waals surface area contributed by atoms with Crippen molar-refractivity contribution in [1.29, 1.82) is 0 Å². The lowest BCUT2D eigenvalue weighted by atomic mass is 10.1. The summed E-state index contributed by atoms with van der Waals surface area (Å²) < 4.78 is 0. The third kappa shape index (κ3) is 4.24. The maximum atomic E-state index is 11.3. The first-order valence-electron chi connectivity index (χ1n) is 4.69. The lowest BCUT2D eigenvalue weighted by Gasteiger charge is -2.23. The van der Waals surface area contributed by atoms with Crippen LogP contribution in [-0.2, 0) is 4.79 Å². The number of carbonyl (C=O) groups is 1. The molecule has 4 nitrogen and oxygen atoms in total. The Labute approximate surface area is 78.7 Å². The molecule has 0 atom stereocenters. The predicted octanol–water partition coefficient (Wildman–Crippen LogP) is -0.374. The Hall–Kier alpha value is -0.610. The van der Waals surface area contributed by atoms with Crippen molar-refractivity contribution >= 4 is 5.91 Å². The van der Waals surface area contributed by atoms with Gasteiger partial charge in [0.15, 0.2) is 0 Å². The first-order chi connectivity index (χ1) is 6.03. The van der Waals surface area contributed by atoms with E-state index in [1.807, 2.05) is 0 Å². The molecule has 0 spiro atoms. The Kier molecular flexibility index (Phi) is 3.27. The van der Waals surface area contributed by atoms with Crippen LogP contribution in [0, 0.1) is 0 Å². The third-order valence-corrected chi connectivity index (χ3v) is 2.00. The summed E-state index contributed by atoms with van der Waals surface area (Å²) in [5, 5.41) is 14.7. The second-order valence-electron chi connectivity index (χ2n) is 4.25. The summed E-state index contributed by atoms with van der Waals surface area (Å²) in [6.45, 7) is 3.90. The highest BCUT2D eigenvalue weighted by Gasteiger charge is 2.23. The zero-order valence-electron chi connectivity index (χ0n) is 8.26. The maximum absolute atomic E-state index is 11.3. The van der Waals surface area contributed by atoms with E-state index in [1.54, 1.807) is 13.8 Å². The van der Waals surface area contributed by atoms with Crippen molar-refractivity contribution in [3.63, 3.8) is 0 Å². The highest BCUT2D eigenvalue weighted by Crippen LogP contribution is 2.17. The summed E-state index contributed by atoms with van der Waals surface area (Å²) >= 11 is 0. The van der Waals surface area contributed by atoms with E-state index in [1.165, 1.54) is 12.8 Å². The number of rotatable bonds is 5. The fraction of sp³-hybridized carbons (Fsp3) is 0.889. The van der Waals surface area contributed by atoms with Crippen molar-refractivity contribution in [2.24, 2.45) is 0 Å². The van der Waals surface area contributed by atoms with E-state index in [9.17, 15) is 4.79 Å². The number of carbonyl (C=O) groups excluding carboxylic acids is 1. The van der Waals surface area contributed by atoms with Gasteiger partial charge >= 0.3 is 0 Å². The van der Waals surface area contributed by atoms with Gasteiger partial charge in [0, 0.05) is 6.04 Å². The van der Waals surface area contributed by atoms with Gasteiger partial charge in [0.05, 0.1) is 18.7 Å². The van der Waals surface area contributed by atoms with E-state index >= 15 is 0 Å². The average molecular weight is 186 g/mol. The van der Waals surface area contributed by atoms with E-state index in [4.69, 9.17) is 5.11 Å². The minimum absolute atomic E-state index is 0.0395. The van der Waals surface area contributed by atoms with Gasteiger partial charge in [-0.15, -0.1) is 0 Å². The molecule has 0 bridgehead atoms. The molecule has 0 heterocycles. The lowest BCUT2D eigenvalue weighted by Crippen LogP contribution is -2.49. The fourth-order valence-electron chi connectivity index (χ4n) is 0.986. The fourth-order valence-corrected chi connectivity index (χ4v) is 0.986. The molecule has 13 heavy (non-hydrogen) atoms. The van der Waals surface area contributed by atoms with Crippen LogP contribution in [0.15, 0.2) is 0 Å². The molecule has 1 aliphatic carbocycles. The molecule has 0 radical (unpaired) electrons. The van der Waals surface area contributed by atoms with Gasteiger partial charge in [-0.05, 0) is 26.7 Å². The molecule has 4 heteroatoms. The van der Waals surface area contributed by atoms with Crippen LogP contribution in [0.25, 0.3) is 0 Å². The van der Waals surface area contributed by atoms with Crippen molar-refractivity contribution in [1.82, 2.24) is 10.6 Å². The zero-order chi connectivity index (χ0) is 9.90. The second kappa shape index (κ2) is 4.07. The Morgan fingerprint density at radius 1 is 1.54 bits per heavy atom. The molecule has 1 fully saturated rings. The Balaban J connectivity index is 2.15. The molecular formula is C9H18N2O2. The number of aliphatic hydroxyl groups is 1. The van der Waals surface area contributed by atoms with Gasteiger partial charge in [-0.1, -0.05) is 0 Å². The maximum Gasteiger partial charge on any atom is 0.234 e. The SMILES string of the molecule is CC(C)(CO)NC(=O)CNC1CC1. The number of amides is 1. The van der Waals surface area contributed by atoms with Gasteiger partial charge < -0.3 is 15.7 Å². The Bertz CT molecular complexity index is 188. The average Bonchev–Trinajstić information content (AvgIpc) is 2.83. The van der Waals surface area contributed by atoms with Gasteiger partial charge in [0.1, 0.15) is 0 Å². The third-order valence-electron chi connectivity index (χ3n) is 2.00. The highest BCUT2D eigenvalue weighted by molar-refractivity contribution is 5.78. The first kappa shape index (κ1) is 10.5. The van der Waals surface area contributed by atoms with Crippen LogP contribution < -0.4 is 10.6 Å². The van der Waals surface area contributed by atoms with Crippen LogP contribution in [-0.4, -0.2) is 35.7 Å². The summed E-state index contributed by atoms with van der Waals surface area (Å²) in [5.41, 5.74) is -0.512. The summed E-state index contributed by atoms with van der Waals surface area (Å²) in [6.07, 6.45) is 2.35. The zero-order valence-corrected chi connectivity index (χ0v) is 8.26. The number of hydrogen-bond acceptors (Lipinski definition) is 3. The van der Waals surface area contributed by atoms with Crippen molar-refractivity contribution in [3.05, 3.63) is 0 Å². The van der Waals surface area contributed by atoms with Crippen molar-refractivity contribution < 1.29 is 9.90 Å². The summed E-state index contributed by atoms with van der Waals surface area (Å²) in [6, 6.07) is 0.544. The van der Waals surface area contributed by atoms with Gasteiger partial charge in [0.2, 0.25) is 5.91 Å². The Morgan fingerprint density at radius 2 is 2.15 bits per heavy atom. The second-order valence-corrected chi connectivity index (χ2v) is 4.25. The molecule has 76 valence electrons. The molecule has 0 unspecified atom stereocenters. The van der Waals surface area contributed by atoms with Gasteiger partial charge in [-0.2, -0.15) is 0 Å². The van der Waals surface area contributed by atoms with E-state index in [0.29, 0.717) is 12.6 Å². The van der Waals surface area contributed by atoms with Crippen LogP contribution in [0.5, 0.6) is 0 Å². The molecule has 3 N–H and O–H groups in total. The molecule has 0 aliphatic heterocycles. The molecule has 0 aromatic rings. The van der Waals surface area contributed by atoms with Crippen LogP contribution in [0.2, 0.25) is 0 Å². The minimum atomic E-state index is -0.512. The van der Waals surface area contributed by atoms with Crippen LogP contribution in [0.3, 0.4) is 0 Å². The highest BCUT2D eigenvalue weighted by atomic mass is 16.3. The minimum Gasteiger partial charge on any atom is -0.394 e. The topological polar surface area (TPSA) is 61.4 Å². The molecule has 1 aliphatic rings. The van der Waals surface area contributed by atoms with Crippen LogP contribution in [0.1, 0.15) is 26.7 Å². The molecule has 1 rings (SSSR count). The normalized spacial score (nSPS) is 17.2. The predicted molar refractivity (Wildman–Crippen MR) is 50.3 cm³/mol. The molecule has 1 saturated carbocycles. The molecule has 1 amide bonds. The summed E-state index contributed by atoms with van der Waals surface area (Å²) in [7, 11) is 0. The van der Waals surface area contributed by atoms with Gasteiger partial charge in [-0.3, -0.25) is 4.79 Å². The first-order valence-corrected chi connectivity index (χ1v) is 4.69. The van der Waals surface area contributed by atoms with Crippen molar-refractivity contribution in [2.75, 3.05) is 13.2 Å². The summed E-state index contributed by atoms with van der Waals surface area (Å²) in [5.74, 6) is -0.0500. The van der Waals surface area contributed by atoms with Crippen LogP contribution >= 0.6 is 0 Å². The Morgan fingerprint density at radius 3 is 2.62 bits per heavy atom. The number of aliphatic hydroxyl groups excluding tert-OH is 1. The van der Waals surface area contributed by atoms with Crippen molar-refractivity contribution in [3.8, 4) is 0 Å². The number of nitrogens with one attached hydrogen (secondary N) is 2. The molecule has 0 saturated heterocycles. The molecule has 0 aromatic heterocycles. The lowest BCUT2D eigenvalue weighted by molar-refractivity contribution is -0.122. The smallest absolute Gasteiger partial charge is 0.234 e. The summed E-state index contributed by atoms with van der Waals surface area (Å²) in [4.78, 5) is 11.3. The van der Waals surface area contributed by atoms with E-state index < -0.39 is 5.54 Å². The molecule has 0 aromatic carbocycles. The van der Waals surface area contributed by atoms with Crippen LogP contribution in [0.4, 0.5) is 0 Å². The van der Waals surface area contributed by atoms with E-state index in [-0.39, 0.29) is 12.5 Å². The quantitative estimate of drug-likeness (QED) is 0.549. The van der Waals surface area contributed by atoms with Gasteiger partial charge in [-0.25, -0.2) is 0 Å². The van der Waals surface area contributed by atoms with E-state index in [2.05, 4.69) is 10.6 Å². The van der Waals surface area contributed by atoms with E-state index in [0.717, 1.165) is 0 Å². The standard InChI is InChI=1S/C9H18N2O2/c1-9(2,6-12)11-8(13)5-10-7-3-4-7/h7,10,12H,3-6H2,1-2H3,(H,11,13). The van der Waals surface area contributed by atoms with Gasteiger partial charge in [0.25, 0.3) is 0 Å².